The van der Waals surface area contributed by atoms with Crippen molar-refractivity contribution in [1.82, 2.24) is 9.88 Å². The second kappa shape index (κ2) is 7.47. The number of allylic oxidation sites excluding steroid dienone is 1. The molecule has 1 fully saturated rings. The molecule has 0 amide bonds. The molecule has 124 valence electrons. The molecule has 23 heavy (non-hydrogen) atoms. The van der Waals surface area contributed by atoms with E-state index in [-0.39, 0.29) is 6.10 Å². The monoisotopic (exact) mass is 334 g/mol. The molecule has 3 rings (SSSR count). The number of aliphatic hydroxyl groups is 1. The van der Waals surface area contributed by atoms with Crippen molar-refractivity contribution in [2.75, 3.05) is 19.6 Å². The number of aliphatic hydroxyl groups excluding tert-OH is 1. The van der Waals surface area contributed by atoms with Gasteiger partial charge in [-0.3, -0.25) is 0 Å². The van der Waals surface area contributed by atoms with E-state index in [1.807, 2.05) is 24.3 Å². The fourth-order valence-corrected chi connectivity index (χ4v) is 3.32. The van der Waals surface area contributed by atoms with Crippen LogP contribution in [-0.2, 0) is 0 Å². The summed E-state index contributed by atoms with van der Waals surface area (Å²) in [6.07, 6.45) is 5.26. The van der Waals surface area contributed by atoms with Gasteiger partial charge >= 0.3 is 0 Å². The zero-order chi connectivity index (χ0) is 16.2. The summed E-state index contributed by atoms with van der Waals surface area (Å²) in [5.41, 5.74) is 1.63. The number of oxazole rings is 1. The second-order valence-electron chi connectivity index (χ2n) is 6.26. The molecule has 0 aliphatic carbocycles. The highest BCUT2D eigenvalue weighted by Gasteiger charge is 2.25. The van der Waals surface area contributed by atoms with Crippen LogP contribution in [-0.4, -0.2) is 40.7 Å². The van der Waals surface area contributed by atoms with Crippen LogP contribution in [0, 0.1) is 0 Å². The molecule has 1 saturated heterocycles. The number of fused-ring (bicyclic) bond motifs is 1. The Morgan fingerprint density at radius 3 is 2.96 bits per heavy atom. The number of rotatable bonds is 6. The molecule has 1 unspecified atom stereocenters. The number of β-amino-alcohol motifs (C(OH)–C–C–N with tert-alkyl or cyclic N) is 1. The van der Waals surface area contributed by atoms with E-state index < -0.39 is 0 Å². The lowest BCUT2D eigenvalue weighted by Gasteiger charge is -2.31. The van der Waals surface area contributed by atoms with E-state index in [0.29, 0.717) is 10.9 Å². The van der Waals surface area contributed by atoms with Gasteiger partial charge in [0.15, 0.2) is 11.5 Å². The second-order valence-corrected chi connectivity index (χ2v) is 6.70. The summed E-state index contributed by atoms with van der Waals surface area (Å²) in [5, 5.41) is 10.7. The zero-order valence-electron chi connectivity index (χ0n) is 13.2. The van der Waals surface area contributed by atoms with Crippen molar-refractivity contribution in [2.24, 2.45) is 0 Å². The van der Waals surface area contributed by atoms with Crippen molar-refractivity contribution in [3.8, 4) is 0 Å². The molecule has 1 atom stereocenters. The Kier molecular flexibility index (Phi) is 5.36. The summed E-state index contributed by atoms with van der Waals surface area (Å²) in [4.78, 5) is 6.92. The smallest absolute Gasteiger partial charge is 0.198 e. The molecule has 0 radical (unpaired) electrons. The Balaban J connectivity index is 1.56. The Labute approximate surface area is 141 Å². The lowest BCUT2D eigenvalue weighted by Crippen LogP contribution is -2.38. The number of hydrogen-bond acceptors (Lipinski definition) is 4. The molecule has 1 aliphatic heterocycles. The molecule has 1 N–H and O–H groups in total. The summed E-state index contributed by atoms with van der Waals surface area (Å²) in [5.74, 6) is 1.16. The number of nitrogens with zero attached hydrogens (tertiary/aromatic N) is 2. The van der Waals surface area contributed by atoms with Gasteiger partial charge in [0.1, 0.15) is 5.52 Å². The number of hydrogen-bond donors (Lipinski definition) is 1. The molecule has 0 saturated carbocycles. The third-order valence-corrected chi connectivity index (χ3v) is 4.71. The zero-order valence-corrected chi connectivity index (χ0v) is 14.0. The van der Waals surface area contributed by atoms with Gasteiger partial charge in [0.05, 0.1) is 6.10 Å². The predicted molar refractivity (Wildman–Crippen MR) is 92.9 cm³/mol. The van der Waals surface area contributed by atoms with Crippen LogP contribution in [0.25, 0.3) is 11.1 Å². The molecule has 1 aromatic heterocycles. The summed E-state index contributed by atoms with van der Waals surface area (Å²) in [6, 6.07) is 5.54. The van der Waals surface area contributed by atoms with Crippen LogP contribution in [0.15, 0.2) is 35.3 Å². The first-order chi connectivity index (χ1) is 11.2. The molecular weight excluding hydrogens is 312 g/mol. The fourth-order valence-electron chi connectivity index (χ4n) is 3.16. The summed E-state index contributed by atoms with van der Waals surface area (Å²) in [6.45, 7) is 6.37. The number of benzene rings is 1. The van der Waals surface area contributed by atoms with Crippen molar-refractivity contribution < 1.29 is 9.52 Å². The Morgan fingerprint density at radius 2 is 2.22 bits per heavy atom. The summed E-state index contributed by atoms with van der Waals surface area (Å²) < 4.78 is 5.88. The highest BCUT2D eigenvalue weighted by atomic mass is 35.5. The topological polar surface area (TPSA) is 49.5 Å². The van der Waals surface area contributed by atoms with Crippen LogP contribution < -0.4 is 0 Å². The normalized spacial score (nSPS) is 18.3. The number of piperidine rings is 1. The van der Waals surface area contributed by atoms with Crippen molar-refractivity contribution >= 4 is 22.7 Å². The molecular formula is C18H23ClN2O2. The fraction of sp³-hybridized carbons (Fsp3) is 0.500. The lowest BCUT2D eigenvalue weighted by atomic mass is 9.96. The van der Waals surface area contributed by atoms with Crippen molar-refractivity contribution in [1.29, 1.82) is 0 Å². The van der Waals surface area contributed by atoms with E-state index in [0.717, 1.165) is 62.3 Å². The average molecular weight is 335 g/mol. The van der Waals surface area contributed by atoms with Gasteiger partial charge in [-0.1, -0.05) is 17.7 Å². The number of aromatic nitrogens is 1. The first-order valence-corrected chi connectivity index (χ1v) is 8.61. The molecule has 2 heterocycles. The summed E-state index contributed by atoms with van der Waals surface area (Å²) in [7, 11) is 0. The molecule has 0 spiro atoms. The van der Waals surface area contributed by atoms with E-state index in [4.69, 9.17) is 16.0 Å². The van der Waals surface area contributed by atoms with Crippen molar-refractivity contribution in [2.45, 2.75) is 37.7 Å². The summed E-state index contributed by atoms with van der Waals surface area (Å²) >= 11 is 6.00. The number of halogens is 1. The van der Waals surface area contributed by atoms with Crippen molar-refractivity contribution in [3.05, 3.63) is 41.8 Å². The van der Waals surface area contributed by atoms with Crippen LogP contribution in [0.2, 0.25) is 5.02 Å². The van der Waals surface area contributed by atoms with Gasteiger partial charge in [-0.25, -0.2) is 4.98 Å². The van der Waals surface area contributed by atoms with Gasteiger partial charge in [0.25, 0.3) is 0 Å². The van der Waals surface area contributed by atoms with E-state index >= 15 is 0 Å². The van der Waals surface area contributed by atoms with Gasteiger partial charge in [-0.05, 0) is 57.0 Å². The minimum Gasteiger partial charge on any atom is -0.440 e. The molecule has 5 heteroatoms. The number of likely N-dealkylation sites (tertiary alicyclic amines) is 1. The van der Waals surface area contributed by atoms with Gasteiger partial charge in [-0.15, -0.1) is 6.58 Å². The molecule has 0 bridgehead atoms. The Morgan fingerprint density at radius 1 is 1.43 bits per heavy atom. The van der Waals surface area contributed by atoms with Gasteiger partial charge in [-0.2, -0.15) is 0 Å². The van der Waals surface area contributed by atoms with Gasteiger partial charge < -0.3 is 14.4 Å². The maximum absolute atomic E-state index is 10.0. The molecule has 1 aromatic carbocycles. The molecule has 2 aromatic rings. The van der Waals surface area contributed by atoms with E-state index in [9.17, 15) is 5.11 Å². The Hall–Kier alpha value is -1.36. The van der Waals surface area contributed by atoms with Crippen LogP contribution in [0.3, 0.4) is 0 Å². The van der Waals surface area contributed by atoms with Crippen LogP contribution in [0.1, 0.15) is 37.5 Å². The largest absolute Gasteiger partial charge is 0.440 e. The minimum atomic E-state index is -0.268. The van der Waals surface area contributed by atoms with E-state index in [2.05, 4.69) is 16.5 Å². The van der Waals surface area contributed by atoms with Gasteiger partial charge in [0.2, 0.25) is 0 Å². The Bertz CT molecular complexity index is 662. The lowest BCUT2D eigenvalue weighted by molar-refractivity contribution is 0.0898. The standard InChI is InChI=1S/C18H23ClN2O2/c1-2-3-4-15(22)12-21-9-7-13(8-10-21)18-20-16-11-14(19)5-6-17(16)23-18/h2,5-6,11,13,15,22H,1,3-4,7-10,12H2. The minimum absolute atomic E-state index is 0.268. The molecule has 1 aliphatic rings. The van der Waals surface area contributed by atoms with E-state index in [1.54, 1.807) is 0 Å². The van der Waals surface area contributed by atoms with Crippen molar-refractivity contribution in [3.63, 3.8) is 0 Å². The average Bonchev–Trinajstić information content (AvgIpc) is 2.96. The maximum atomic E-state index is 10.0. The highest BCUT2D eigenvalue weighted by Crippen LogP contribution is 2.30. The third-order valence-electron chi connectivity index (χ3n) is 4.48. The first kappa shape index (κ1) is 16.5. The van der Waals surface area contributed by atoms with Gasteiger partial charge in [0, 0.05) is 17.5 Å². The maximum Gasteiger partial charge on any atom is 0.198 e. The first-order valence-electron chi connectivity index (χ1n) is 8.23. The van der Waals surface area contributed by atoms with E-state index in [1.165, 1.54) is 0 Å². The quantitative estimate of drug-likeness (QED) is 0.811. The van der Waals surface area contributed by atoms with Crippen LogP contribution >= 0.6 is 11.6 Å². The van der Waals surface area contributed by atoms with Crippen LogP contribution in [0.5, 0.6) is 0 Å². The predicted octanol–water partition coefficient (Wildman–Crippen LogP) is 3.99. The van der Waals surface area contributed by atoms with Crippen LogP contribution in [0.4, 0.5) is 0 Å². The SMILES string of the molecule is C=CCCC(O)CN1CCC(c2nc3cc(Cl)ccc3o2)CC1. The third kappa shape index (κ3) is 4.14. The molecule has 4 nitrogen and oxygen atoms in total. The highest BCUT2D eigenvalue weighted by molar-refractivity contribution is 6.31.